The average molecular weight is 503 g/mol. The normalized spacial score (nSPS) is 10.5. The van der Waals surface area contributed by atoms with Gasteiger partial charge < -0.3 is 24.4 Å². The van der Waals surface area contributed by atoms with Gasteiger partial charge in [-0.1, -0.05) is 41.4 Å². The van der Waals surface area contributed by atoms with Crippen molar-refractivity contribution in [1.82, 2.24) is 4.90 Å². The van der Waals surface area contributed by atoms with Gasteiger partial charge in [0.25, 0.3) is 0 Å². The molecule has 3 aromatic carbocycles. The Hall–Kier alpha value is -3.09. The van der Waals surface area contributed by atoms with E-state index in [9.17, 15) is 4.79 Å². The molecule has 0 saturated carbocycles. The highest BCUT2D eigenvalue weighted by molar-refractivity contribution is 6.35. The van der Waals surface area contributed by atoms with Gasteiger partial charge in [-0.05, 0) is 60.9 Å². The first kappa shape index (κ1) is 25.5. The molecule has 0 aromatic heterocycles. The first-order chi connectivity index (χ1) is 16.4. The van der Waals surface area contributed by atoms with E-state index in [1.54, 1.807) is 49.5 Å². The molecular weight excluding hydrogens is 475 g/mol. The molecule has 2 amide bonds. The Morgan fingerprint density at radius 2 is 1.68 bits per heavy atom. The van der Waals surface area contributed by atoms with Crippen LogP contribution in [0.1, 0.15) is 18.1 Å². The predicted molar refractivity (Wildman–Crippen MR) is 137 cm³/mol. The van der Waals surface area contributed by atoms with Crippen LogP contribution in [0.15, 0.2) is 60.7 Å². The molecule has 0 fully saturated rings. The van der Waals surface area contributed by atoms with Gasteiger partial charge in [0.2, 0.25) is 0 Å². The van der Waals surface area contributed by atoms with E-state index in [4.69, 9.17) is 37.4 Å². The fourth-order valence-electron chi connectivity index (χ4n) is 3.41. The number of benzene rings is 3. The van der Waals surface area contributed by atoms with Gasteiger partial charge >= 0.3 is 6.03 Å². The van der Waals surface area contributed by atoms with Crippen LogP contribution in [0.3, 0.4) is 0 Å². The Balaban J connectivity index is 1.80. The summed E-state index contributed by atoms with van der Waals surface area (Å²) < 4.78 is 16.2. The van der Waals surface area contributed by atoms with E-state index in [1.807, 2.05) is 37.3 Å². The molecule has 0 atom stereocenters. The number of amides is 2. The van der Waals surface area contributed by atoms with E-state index < -0.39 is 0 Å². The monoisotopic (exact) mass is 502 g/mol. The first-order valence-corrected chi connectivity index (χ1v) is 11.6. The number of rotatable bonds is 10. The van der Waals surface area contributed by atoms with Gasteiger partial charge in [-0.25, -0.2) is 4.79 Å². The van der Waals surface area contributed by atoms with Gasteiger partial charge in [0.05, 0.1) is 26.5 Å². The minimum Gasteiger partial charge on any atom is -0.497 e. The molecular formula is C26H28Cl2N2O4. The minimum absolute atomic E-state index is 0.262. The lowest BCUT2D eigenvalue weighted by molar-refractivity contribution is 0.209. The second-order valence-corrected chi connectivity index (χ2v) is 8.32. The molecule has 0 bridgehead atoms. The zero-order valence-electron chi connectivity index (χ0n) is 19.4. The molecule has 0 heterocycles. The van der Waals surface area contributed by atoms with Crippen molar-refractivity contribution >= 4 is 34.9 Å². The number of halogens is 2. The summed E-state index contributed by atoms with van der Waals surface area (Å²) >= 11 is 12.4. The van der Waals surface area contributed by atoms with Crippen molar-refractivity contribution in [3.63, 3.8) is 0 Å². The fourth-order valence-corrected chi connectivity index (χ4v) is 3.91. The summed E-state index contributed by atoms with van der Waals surface area (Å²) in [6.07, 6.45) is 0.570. The molecule has 0 unspecified atom stereocenters. The number of ether oxygens (including phenoxy) is 3. The van der Waals surface area contributed by atoms with Gasteiger partial charge in [0, 0.05) is 29.2 Å². The summed E-state index contributed by atoms with van der Waals surface area (Å²) in [4.78, 5) is 15.0. The maximum absolute atomic E-state index is 13.3. The molecule has 0 aliphatic heterocycles. The highest BCUT2D eigenvalue weighted by Crippen LogP contribution is 2.29. The maximum atomic E-state index is 13.3. The third-order valence-corrected chi connectivity index (χ3v) is 5.80. The summed E-state index contributed by atoms with van der Waals surface area (Å²) in [5.41, 5.74) is 2.44. The number of carbonyl (C=O) groups is 1. The van der Waals surface area contributed by atoms with Gasteiger partial charge in [-0.3, -0.25) is 0 Å². The summed E-state index contributed by atoms with van der Waals surface area (Å²) in [5.74, 6) is 1.94. The van der Waals surface area contributed by atoms with Crippen LogP contribution in [0.25, 0.3) is 0 Å². The number of hydrogen-bond acceptors (Lipinski definition) is 4. The van der Waals surface area contributed by atoms with Gasteiger partial charge in [-0.2, -0.15) is 0 Å². The van der Waals surface area contributed by atoms with Crippen molar-refractivity contribution in [2.75, 3.05) is 32.7 Å². The van der Waals surface area contributed by atoms with Crippen molar-refractivity contribution in [3.8, 4) is 17.2 Å². The molecule has 6 nitrogen and oxygen atoms in total. The van der Waals surface area contributed by atoms with E-state index in [0.717, 1.165) is 16.9 Å². The number of urea groups is 1. The molecule has 3 rings (SSSR count). The predicted octanol–water partition coefficient (Wildman–Crippen LogP) is 6.69. The topological polar surface area (TPSA) is 60.0 Å². The lowest BCUT2D eigenvalue weighted by Crippen LogP contribution is -2.36. The molecule has 1 N–H and O–H groups in total. The number of nitrogens with zero attached hydrogens (tertiary/aromatic N) is 1. The van der Waals surface area contributed by atoms with Crippen LogP contribution >= 0.6 is 23.2 Å². The molecule has 8 heteroatoms. The summed E-state index contributed by atoms with van der Waals surface area (Å²) in [6, 6.07) is 18.1. The number of nitrogens with one attached hydrogen (secondary N) is 1. The third kappa shape index (κ3) is 6.95. The summed E-state index contributed by atoms with van der Waals surface area (Å²) in [6.45, 7) is 3.38. The van der Waals surface area contributed by atoms with E-state index in [0.29, 0.717) is 53.3 Å². The largest absolute Gasteiger partial charge is 0.497 e. The van der Waals surface area contributed by atoms with Gasteiger partial charge in [0.1, 0.15) is 17.2 Å². The smallest absolute Gasteiger partial charge is 0.322 e. The van der Waals surface area contributed by atoms with E-state index >= 15 is 0 Å². The molecule has 0 aliphatic carbocycles. The third-order valence-electron chi connectivity index (χ3n) is 5.21. The SMILES string of the molecule is CCOc1ccc(CN(CCc2ccc(Cl)cc2Cl)C(=O)Nc2ccc(OC)cc2OC)cc1. The molecule has 34 heavy (non-hydrogen) atoms. The van der Waals surface area contributed by atoms with E-state index in [2.05, 4.69) is 5.32 Å². The lowest BCUT2D eigenvalue weighted by Gasteiger charge is -2.24. The average Bonchev–Trinajstić information content (AvgIpc) is 2.84. The summed E-state index contributed by atoms with van der Waals surface area (Å²) in [7, 11) is 3.12. The highest BCUT2D eigenvalue weighted by Gasteiger charge is 2.17. The van der Waals surface area contributed by atoms with Crippen LogP contribution < -0.4 is 19.5 Å². The highest BCUT2D eigenvalue weighted by atomic mass is 35.5. The van der Waals surface area contributed by atoms with Crippen LogP contribution in [0.5, 0.6) is 17.2 Å². The first-order valence-electron chi connectivity index (χ1n) is 10.9. The van der Waals surface area contributed by atoms with Crippen LogP contribution in [0.2, 0.25) is 10.0 Å². The molecule has 180 valence electrons. The fraction of sp³-hybridized carbons (Fsp3) is 0.269. The lowest BCUT2D eigenvalue weighted by atomic mass is 10.1. The number of anilines is 1. The minimum atomic E-state index is -0.262. The molecule has 0 saturated heterocycles. The van der Waals surface area contributed by atoms with Gasteiger partial charge in [0.15, 0.2) is 0 Å². The molecule has 0 aliphatic rings. The van der Waals surface area contributed by atoms with Crippen LogP contribution in [0.4, 0.5) is 10.5 Å². The Morgan fingerprint density at radius 3 is 2.32 bits per heavy atom. The molecule has 3 aromatic rings. The Bertz CT molecular complexity index is 1110. The summed E-state index contributed by atoms with van der Waals surface area (Å²) in [5, 5.41) is 4.10. The Morgan fingerprint density at radius 1 is 0.941 bits per heavy atom. The number of hydrogen-bond donors (Lipinski definition) is 1. The van der Waals surface area contributed by atoms with Crippen molar-refractivity contribution in [2.45, 2.75) is 19.9 Å². The van der Waals surface area contributed by atoms with Crippen molar-refractivity contribution < 1.29 is 19.0 Å². The van der Waals surface area contributed by atoms with Crippen LogP contribution in [-0.4, -0.2) is 38.3 Å². The quantitative estimate of drug-likeness (QED) is 0.335. The maximum Gasteiger partial charge on any atom is 0.322 e. The van der Waals surface area contributed by atoms with Gasteiger partial charge in [-0.15, -0.1) is 0 Å². The second-order valence-electron chi connectivity index (χ2n) is 7.48. The van der Waals surface area contributed by atoms with Crippen LogP contribution in [0, 0.1) is 0 Å². The van der Waals surface area contributed by atoms with Crippen molar-refractivity contribution in [1.29, 1.82) is 0 Å². The number of methoxy groups -OCH3 is 2. The number of carbonyl (C=O) groups excluding carboxylic acids is 1. The molecule has 0 spiro atoms. The molecule has 0 radical (unpaired) electrons. The second kappa shape index (κ2) is 12.4. The Labute approximate surface area is 210 Å². The van der Waals surface area contributed by atoms with Crippen molar-refractivity contribution in [2.24, 2.45) is 0 Å². The standard InChI is InChI=1S/C26H28Cl2N2O4/c1-4-34-21-9-5-18(6-10-21)17-30(14-13-19-7-8-20(27)15-23(19)28)26(31)29-24-12-11-22(32-2)16-25(24)33-3/h5-12,15-16H,4,13-14,17H2,1-3H3,(H,29,31). The zero-order valence-corrected chi connectivity index (χ0v) is 20.9. The Kier molecular flexibility index (Phi) is 9.31. The van der Waals surface area contributed by atoms with E-state index in [1.165, 1.54) is 0 Å². The van der Waals surface area contributed by atoms with Crippen molar-refractivity contribution in [3.05, 3.63) is 81.8 Å². The zero-order chi connectivity index (χ0) is 24.5. The van der Waals surface area contributed by atoms with Crippen LogP contribution in [-0.2, 0) is 13.0 Å². The van der Waals surface area contributed by atoms with E-state index in [-0.39, 0.29) is 6.03 Å².